The van der Waals surface area contributed by atoms with Crippen molar-refractivity contribution in [3.63, 3.8) is 0 Å². The van der Waals surface area contributed by atoms with Gasteiger partial charge in [-0.05, 0) is 29.8 Å². The zero-order chi connectivity index (χ0) is 15.4. The van der Waals surface area contributed by atoms with E-state index in [0.29, 0.717) is 17.2 Å². The Morgan fingerprint density at radius 1 is 1.09 bits per heavy atom. The largest absolute Gasteiger partial charge is 0.463 e. The molecule has 0 radical (unpaired) electrons. The molecule has 0 N–H and O–H groups in total. The molecule has 110 valence electrons. The average molecular weight is 313 g/mol. The minimum Gasteiger partial charge on any atom is -0.463 e. The van der Waals surface area contributed by atoms with Crippen molar-refractivity contribution in [2.24, 2.45) is 0 Å². The number of benzene rings is 1. The van der Waals surface area contributed by atoms with Gasteiger partial charge in [0.05, 0.1) is 11.2 Å². The Morgan fingerprint density at radius 2 is 1.91 bits per heavy atom. The van der Waals surface area contributed by atoms with Crippen LogP contribution in [0.5, 0.6) is 0 Å². The van der Waals surface area contributed by atoms with E-state index in [1.807, 2.05) is 18.2 Å². The van der Waals surface area contributed by atoms with Gasteiger partial charge in [0, 0.05) is 17.9 Å². The molecular formula is C15H11N3O3S. The second-order valence-electron chi connectivity index (χ2n) is 4.45. The number of hydrogen-bond donors (Lipinski definition) is 0. The van der Waals surface area contributed by atoms with Crippen LogP contribution in [-0.2, 0) is 5.75 Å². The molecule has 2 aromatic heterocycles. The zero-order valence-corrected chi connectivity index (χ0v) is 12.2. The number of furan rings is 1. The molecule has 22 heavy (non-hydrogen) atoms. The summed E-state index contributed by atoms with van der Waals surface area (Å²) in [6.07, 6.45) is 1.59. The highest BCUT2D eigenvalue weighted by Gasteiger charge is 2.06. The minimum atomic E-state index is -0.407. The van der Waals surface area contributed by atoms with Gasteiger partial charge in [0.25, 0.3) is 5.69 Å². The number of thioether (sulfide) groups is 1. The molecule has 0 saturated carbocycles. The van der Waals surface area contributed by atoms with Gasteiger partial charge in [-0.15, -0.1) is 10.2 Å². The molecule has 0 atom stereocenters. The number of nitro groups is 1. The van der Waals surface area contributed by atoms with Crippen molar-refractivity contribution in [2.75, 3.05) is 0 Å². The van der Waals surface area contributed by atoms with Crippen molar-refractivity contribution >= 4 is 17.4 Å². The fraction of sp³-hybridized carbons (Fsp3) is 0.0667. The predicted octanol–water partition coefficient (Wildman–Crippen LogP) is 3.94. The Morgan fingerprint density at radius 3 is 2.50 bits per heavy atom. The van der Waals surface area contributed by atoms with Gasteiger partial charge in [0.15, 0.2) is 5.76 Å². The molecule has 3 rings (SSSR count). The number of rotatable bonds is 5. The van der Waals surface area contributed by atoms with Gasteiger partial charge >= 0.3 is 0 Å². The van der Waals surface area contributed by atoms with Gasteiger partial charge in [-0.25, -0.2) is 0 Å². The average Bonchev–Trinajstić information content (AvgIpc) is 3.08. The third-order valence-corrected chi connectivity index (χ3v) is 3.94. The molecular weight excluding hydrogens is 302 g/mol. The maximum Gasteiger partial charge on any atom is 0.269 e. The SMILES string of the molecule is O=[N+]([O-])c1ccc(CSc2ccc(-c3ccco3)nn2)cc1. The molecule has 1 aromatic carbocycles. The molecule has 0 fully saturated rings. The van der Waals surface area contributed by atoms with Crippen LogP contribution in [0.4, 0.5) is 5.69 Å². The summed E-state index contributed by atoms with van der Waals surface area (Å²) in [5.41, 5.74) is 1.77. The summed E-state index contributed by atoms with van der Waals surface area (Å²) < 4.78 is 5.25. The third-order valence-electron chi connectivity index (χ3n) is 2.95. The Kier molecular flexibility index (Phi) is 4.15. The van der Waals surface area contributed by atoms with E-state index in [4.69, 9.17) is 4.42 Å². The second-order valence-corrected chi connectivity index (χ2v) is 5.44. The molecule has 0 saturated heterocycles. The van der Waals surface area contributed by atoms with Crippen molar-refractivity contribution in [1.82, 2.24) is 10.2 Å². The third kappa shape index (κ3) is 3.32. The van der Waals surface area contributed by atoms with Gasteiger partial charge in [-0.1, -0.05) is 23.9 Å². The standard InChI is InChI=1S/C15H11N3O3S/c19-18(20)12-5-3-11(4-6-12)10-22-15-8-7-13(16-17-15)14-2-1-9-21-14/h1-9H,10H2. The van der Waals surface area contributed by atoms with E-state index in [-0.39, 0.29) is 5.69 Å². The van der Waals surface area contributed by atoms with Crippen molar-refractivity contribution in [3.05, 3.63) is 70.5 Å². The molecule has 0 spiro atoms. The summed E-state index contributed by atoms with van der Waals surface area (Å²) in [5, 5.41) is 19.6. The number of hydrogen-bond acceptors (Lipinski definition) is 6. The Bertz CT molecular complexity index is 756. The lowest BCUT2D eigenvalue weighted by Gasteiger charge is -2.01. The fourth-order valence-electron chi connectivity index (χ4n) is 1.82. The smallest absolute Gasteiger partial charge is 0.269 e. The Hall–Kier alpha value is -2.67. The molecule has 0 aliphatic heterocycles. The summed E-state index contributed by atoms with van der Waals surface area (Å²) in [6, 6.07) is 13.8. The van der Waals surface area contributed by atoms with Crippen LogP contribution < -0.4 is 0 Å². The number of nitro benzene ring substituents is 1. The fourth-order valence-corrected chi connectivity index (χ4v) is 2.59. The van der Waals surface area contributed by atoms with Crippen LogP contribution in [0.3, 0.4) is 0 Å². The summed E-state index contributed by atoms with van der Waals surface area (Å²) in [7, 11) is 0. The molecule has 0 amide bonds. The van der Waals surface area contributed by atoms with Crippen molar-refractivity contribution < 1.29 is 9.34 Å². The first-order chi connectivity index (χ1) is 10.7. The van der Waals surface area contributed by atoms with Gasteiger partial charge in [-0.2, -0.15) is 0 Å². The Labute approximate surface area is 130 Å². The van der Waals surface area contributed by atoms with Crippen LogP contribution in [0.25, 0.3) is 11.5 Å². The number of nitrogens with zero attached hydrogens (tertiary/aromatic N) is 3. The van der Waals surface area contributed by atoms with E-state index in [9.17, 15) is 10.1 Å². The first kappa shape index (κ1) is 14.3. The number of non-ortho nitro benzene ring substituents is 1. The zero-order valence-electron chi connectivity index (χ0n) is 11.4. The normalized spacial score (nSPS) is 10.5. The van der Waals surface area contributed by atoms with E-state index < -0.39 is 4.92 Å². The van der Waals surface area contributed by atoms with Crippen LogP contribution >= 0.6 is 11.8 Å². The van der Waals surface area contributed by atoms with Gasteiger partial charge in [-0.3, -0.25) is 10.1 Å². The van der Waals surface area contributed by atoms with E-state index in [1.54, 1.807) is 24.5 Å². The molecule has 0 bridgehead atoms. The highest BCUT2D eigenvalue weighted by molar-refractivity contribution is 7.98. The van der Waals surface area contributed by atoms with Gasteiger partial charge in [0.2, 0.25) is 0 Å². The van der Waals surface area contributed by atoms with Crippen LogP contribution in [0.15, 0.2) is 64.2 Å². The maximum absolute atomic E-state index is 10.6. The molecule has 2 heterocycles. The monoisotopic (exact) mass is 313 g/mol. The predicted molar refractivity (Wildman–Crippen MR) is 82.4 cm³/mol. The lowest BCUT2D eigenvalue weighted by molar-refractivity contribution is -0.384. The molecule has 0 aliphatic carbocycles. The van der Waals surface area contributed by atoms with E-state index in [0.717, 1.165) is 10.6 Å². The Balaban J connectivity index is 1.63. The molecule has 6 nitrogen and oxygen atoms in total. The maximum atomic E-state index is 10.6. The van der Waals surface area contributed by atoms with Gasteiger partial charge in [0.1, 0.15) is 10.7 Å². The molecule has 0 unspecified atom stereocenters. The van der Waals surface area contributed by atoms with Crippen LogP contribution in [-0.4, -0.2) is 15.1 Å². The van der Waals surface area contributed by atoms with E-state index >= 15 is 0 Å². The summed E-state index contributed by atoms with van der Waals surface area (Å²) >= 11 is 1.52. The van der Waals surface area contributed by atoms with Gasteiger partial charge < -0.3 is 4.42 Å². The highest BCUT2D eigenvalue weighted by atomic mass is 32.2. The van der Waals surface area contributed by atoms with E-state index in [1.165, 1.54) is 23.9 Å². The lowest BCUT2D eigenvalue weighted by atomic mass is 10.2. The van der Waals surface area contributed by atoms with E-state index in [2.05, 4.69) is 10.2 Å². The second kappa shape index (κ2) is 6.40. The summed E-state index contributed by atoms with van der Waals surface area (Å²) in [4.78, 5) is 10.2. The molecule has 3 aromatic rings. The summed E-state index contributed by atoms with van der Waals surface area (Å²) in [6.45, 7) is 0. The topological polar surface area (TPSA) is 82.1 Å². The van der Waals surface area contributed by atoms with Crippen LogP contribution in [0.2, 0.25) is 0 Å². The minimum absolute atomic E-state index is 0.0938. The van der Waals surface area contributed by atoms with Crippen LogP contribution in [0.1, 0.15) is 5.56 Å². The van der Waals surface area contributed by atoms with Crippen molar-refractivity contribution in [3.8, 4) is 11.5 Å². The quantitative estimate of drug-likeness (QED) is 0.403. The summed E-state index contributed by atoms with van der Waals surface area (Å²) in [5.74, 6) is 1.35. The molecule has 0 aliphatic rings. The number of aromatic nitrogens is 2. The van der Waals surface area contributed by atoms with Crippen LogP contribution in [0, 0.1) is 10.1 Å². The van der Waals surface area contributed by atoms with Crippen molar-refractivity contribution in [1.29, 1.82) is 0 Å². The molecule has 7 heteroatoms. The van der Waals surface area contributed by atoms with Crippen molar-refractivity contribution in [2.45, 2.75) is 10.8 Å². The first-order valence-corrected chi connectivity index (χ1v) is 7.45. The lowest BCUT2D eigenvalue weighted by Crippen LogP contribution is -1.90. The first-order valence-electron chi connectivity index (χ1n) is 6.46. The highest BCUT2D eigenvalue weighted by Crippen LogP contribution is 2.23.